The van der Waals surface area contributed by atoms with E-state index in [1.807, 2.05) is 18.2 Å². The van der Waals surface area contributed by atoms with Crippen LogP contribution in [0.3, 0.4) is 0 Å². The van der Waals surface area contributed by atoms with Crippen LogP contribution in [0.1, 0.15) is 33.1 Å². The molecule has 1 aromatic heterocycles. The SMILES string of the molecule is O=C(O)c1ccc(C(=O)N2CCOC(CCc3ccccc3)C2)o1. The minimum Gasteiger partial charge on any atom is -0.475 e. The van der Waals surface area contributed by atoms with Crippen molar-refractivity contribution in [2.24, 2.45) is 0 Å². The van der Waals surface area contributed by atoms with Crippen molar-refractivity contribution in [3.8, 4) is 0 Å². The first-order valence-corrected chi connectivity index (χ1v) is 7.91. The quantitative estimate of drug-likeness (QED) is 0.911. The lowest BCUT2D eigenvalue weighted by Gasteiger charge is -2.32. The topological polar surface area (TPSA) is 80.0 Å². The maximum Gasteiger partial charge on any atom is 0.371 e. The van der Waals surface area contributed by atoms with E-state index in [0.717, 1.165) is 12.8 Å². The molecule has 1 fully saturated rings. The molecule has 2 aromatic rings. The highest BCUT2D eigenvalue weighted by molar-refractivity contribution is 5.93. The van der Waals surface area contributed by atoms with Gasteiger partial charge in [-0.05, 0) is 30.5 Å². The Hall–Kier alpha value is -2.60. The molecule has 1 saturated heterocycles. The van der Waals surface area contributed by atoms with E-state index >= 15 is 0 Å². The van der Waals surface area contributed by atoms with E-state index in [0.29, 0.717) is 19.7 Å². The van der Waals surface area contributed by atoms with E-state index in [-0.39, 0.29) is 23.5 Å². The van der Waals surface area contributed by atoms with Crippen molar-refractivity contribution in [3.05, 3.63) is 59.5 Å². The number of aryl methyl sites for hydroxylation is 1. The molecule has 0 radical (unpaired) electrons. The van der Waals surface area contributed by atoms with Crippen molar-refractivity contribution >= 4 is 11.9 Å². The number of carboxylic acid groups (broad SMARTS) is 1. The molecule has 2 heterocycles. The first-order valence-electron chi connectivity index (χ1n) is 7.91. The van der Waals surface area contributed by atoms with Crippen LogP contribution >= 0.6 is 0 Å². The summed E-state index contributed by atoms with van der Waals surface area (Å²) in [5.74, 6) is -1.66. The van der Waals surface area contributed by atoms with E-state index in [1.165, 1.54) is 17.7 Å². The number of nitrogens with zero attached hydrogens (tertiary/aromatic N) is 1. The molecule has 1 N–H and O–H groups in total. The van der Waals surface area contributed by atoms with Crippen molar-refractivity contribution < 1.29 is 23.8 Å². The van der Waals surface area contributed by atoms with Crippen molar-refractivity contribution in [2.75, 3.05) is 19.7 Å². The number of aromatic carboxylic acids is 1. The van der Waals surface area contributed by atoms with Gasteiger partial charge in [0, 0.05) is 13.1 Å². The van der Waals surface area contributed by atoms with Gasteiger partial charge < -0.3 is 19.2 Å². The number of benzene rings is 1. The van der Waals surface area contributed by atoms with Crippen LogP contribution in [0.2, 0.25) is 0 Å². The second kappa shape index (κ2) is 7.31. The normalized spacial score (nSPS) is 17.7. The summed E-state index contributed by atoms with van der Waals surface area (Å²) >= 11 is 0. The number of hydrogen-bond acceptors (Lipinski definition) is 4. The maximum atomic E-state index is 12.4. The van der Waals surface area contributed by atoms with E-state index in [2.05, 4.69) is 12.1 Å². The zero-order chi connectivity index (χ0) is 16.9. The van der Waals surface area contributed by atoms with Crippen molar-refractivity contribution in [3.63, 3.8) is 0 Å². The molecule has 0 spiro atoms. The number of amides is 1. The summed E-state index contributed by atoms with van der Waals surface area (Å²) in [7, 11) is 0. The van der Waals surface area contributed by atoms with Crippen LogP contribution in [0.5, 0.6) is 0 Å². The predicted octanol–water partition coefficient (Wildman–Crippen LogP) is 2.45. The number of hydrogen-bond donors (Lipinski definition) is 1. The Labute approximate surface area is 139 Å². The van der Waals surface area contributed by atoms with E-state index in [9.17, 15) is 9.59 Å². The van der Waals surface area contributed by atoms with E-state index in [1.54, 1.807) is 4.90 Å². The van der Waals surface area contributed by atoms with Gasteiger partial charge in [0.25, 0.3) is 5.91 Å². The largest absolute Gasteiger partial charge is 0.475 e. The van der Waals surface area contributed by atoms with Gasteiger partial charge in [0.15, 0.2) is 5.76 Å². The van der Waals surface area contributed by atoms with Gasteiger partial charge in [0.1, 0.15) is 0 Å². The van der Waals surface area contributed by atoms with Gasteiger partial charge in [-0.3, -0.25) is 4.79 Å². The Kier molecular flexibility index (Phi) is 4.96. The smallest absolute Gasteiger partial charge is 0.371 e. The molecule has 0 saturated carbocycles. The Morgan fingerprint density at radius 2 is 1.88 bits per heavy atom. The number of furan rings is 1. The number of rotatable bonds is 5. The van der Waals surface area contributed by atoms with Crippen LogP contribution < -0.4 is 0 Å². The Balaban J connectivity index is 1.58. The number of carbonyl (C=O) groups is 2. The summed E-state index contributed by atoms with van der Waals surface area (Å²) in [6, 6.07) is 12.8. The van der Waals surface area contributed by atoms with Gasteiger partial charge in [-0.2, -0.15) is 0 Å². The second-order valence-electron chi connectivity index (χ2n) is 5.74. The van der Waals surface area contributed by atoms with Gasteiger partial charge in [-0.1, -0.05) is 30.3 Å². The zero-order valence-corrected chi connectivity index (χ0v) is 13.2. The van der Waals surface area contributed by atoms with Crippen LogP contribution in [0, 0.1) is 0 Å². The monoisotopic (exact) mass is 329 g/mol. The average molecular weight is 329 g/mol. The highest BCUT2D eigenvalue weighted by Crippen LogP contribution is 2.16. The van der Waals surface area contributed by atoms with Gasteiger partial charge in [-0.15, -0.1) is 0 Å². The van der Waals surface area contributed by atoms with Gasteiger partial charge in [0.05, 0.1) is 12.7 Å². The van der Waals surface area contributed by atoms with Crippen molar-refractivity contribution in [1.82, 2.24) is 4.90 Å². The fourth-order valence-electron chi connectivity index (χ4n) is 2.77. The molecule has 1 atom stereocenters. The lowest BCUT2D eigenvalue weighted by Crippen LogP contribution is -2.45. The lowest BCUT2D eigenvalue weighted by molar-refractivity contribution is -0.0255. The third kappa shape index (κ3) is 3.83. The molecule has 6 nitrogen and oxygen atoms in total. The summed E-state index contributed by atoms with van der Waals surface area (Å²) in [4.78, 5) is 24.9. The summed E-state index contributed by atoms with van der Waals surface area (Å²) in [5.41, 5.74) is 1.24. The van der Waals surface area contributed by atoms with Crippen molar-refractivity contribution in [2.45, 2.75) is 18.9 Å². The molecule has 0 aliphatic carbocycles. The number of carbonyl (C=O) groups excluding carboxylic acids is 1. The van der Waals surface area contributed by atoms with Gasteiger partial charge >= 0.3 is 5.97 Å². The summed E-state index contributed by atoms with van der Waals surface area (Å²) in [6.07, 6.45) is 1.68. The summed E-state index contributed by atoms with van der Waals surface area (Å²) < 4.78 is 10.8. The molecule has 24 heavy (non-hydrogen) atoms. The Morgan fingerprint density at radius 3 is 2.58 bits per heavy atom. The molecule has 6 heteroatoms. The highest BCUT2D eigenvalue weighted by atomic mass is 16.5. The molecule has 126 valence electrons. The van der Waals surface area contributed by atoms with Crippen LogP contribution in [-0.2, 0) is 11.2 Å². The molecule has 0 bridgehead atoms. The fourth-order valence-corrected chi connectivity index (χ4v) is 2.77. The van der Waals surface area contributed by atoms with Crippen LogP contribution in [0.25, 0.3) is 0 Å². The molecule has 1 unspecified atom stereocenters. The predicted molar refractivity (Wildman–Crippen MR) is 86.1 cm³/mol. The van der Waals surface area contributed by atoms with E-state index < -0.39 is 5.97 Å². The summed E-state index contributed by atoms with van der Waals surface area (Å²) in [6.45, 7) is 1.43. The van der Waals surface area contributed by atoms with Gasteiger partial charge in [-0.25, -0.2) is 4.79 Å². The number of ether oxygens (including phenoxy) is 1. The molecule has 1 aliphatic rings. The van der Waals surface area contributed by atoms with Crippen LogP contribution in [-0.4, -0.2) is 47.7 Å². The second-order valence-corrected chi connectivity index (χ2v) is 5.74. The van der Waals surface area contributed by atoms with Crippen LogP contribution in [0.4, 0.5) is 0 Å². The standard InChI is InChI=1S/C18H19NO5/c20-17(15-8-9-16(24-15)18(21)22)19-10-11-23-14(12-19)7-6-13-4-2-1-3-5-13/h1-5,8-9,14H,6-7,10-12H2,(H,21,22). The number of morpholine rings is 1. The third-order valence-electron chi connectivity index (χ3n) is 4.05. The fraction of sp³-hybridized carbons (Fsp3) is 0.333. The van der Waals surface area contributed by atoms with Crippen LogP contribution in [0.15, 0.2) is 46.9 Å². The third-order valence-corrected chi connectivity index (χ3v) is 4.05. The van der Waals surface area contributed by atoms with E-state index in [4.69, 9.17) is 14.3 Å². The Bertz CT molecular complexity index is 709. The molecular formula is C18H19NO5. The van der Waals surface area contributed by atoms with Crippen molar-refractivity contribution in [1.29, 1.82) is 0 Å². The Morgan fingerprint density at radius 1 is 1.12 bits per heavy atom. The lowest BCUT2D eigenvalue weighted by atomic mass is 10.1. The minimum atomic E-state index is -1.18. The highest BCUT2D eigenvalue weighted by Gasteiger charge is 2.27. The zero-order valence-electron chi connectivity index (χ0n) is 13.2. The maximum absolute atomic E-state index is 12.4. The molecule has 1 aromatic carbocycles. The van der Waals surface area contributed by atoms with Gasteiger partial charge in [0.2, 0.25) is 5.76 Å². The first-order chi connectivity index (χ1) is 11.6. The molecular weight excluding hydrogens is 310 g/mol. The number of carboxylic acids is 1. The first kappa shape index (κ1) is 16.3. The molecule has 1 aliphatic heterocycles. The average Bonchev–Trinajstić information content (AvgIpc) is 3.11. The molecule has 1 amide bonds. The molecule has 3 rings (SSSR count). The minimum absolute atomic E-state index is 0.0307. The summed E-state index contributed by atoms with van der Waals surface area (Å²) in [5, 5.41) is 8.87.